The summed E-state index contributed by atoms with van der Waals surface area (Å²) < 4.78 is 83.9. The number of alkyl halides is 3. The van der Waals surface area contributed by atoms with E-state index >= 15 is 0 Å². The topological polar surface area (TPSA) is 101 Å². The number of sulfonamides is 1. The van der Waals surface area contributed by atoms with Crippen molar-refractivity contribution in [2.75, 3.05) is 0 Å². The zero-order valence-corrected chi connectivity index (χ0v) is 19.8. The minimum absolute atomic E-state index is 0.0866. The number of carbonyl (C=O) groups excluding carboxylic acids is 1. The summed E-state index contributed by atoms with van der Waals surface area (Å²) in [6.07, 6.45) is -2.70. The number of pyridine rings is 1. The maximum Gasteiger partial charge on any atom is 0.416 e. The molecule has 2 aromatic carbocycles. The predicted molar refractivity (Wildman–Crippen MR) is 128 cm³/mol. The van der Waals surface area contributed by atoms with Crippen LogP contribution in [0.3, 0.4) is 0 Å². The number of aromatic amines is 1. The third-order valence-electron chi connectivity index (χ3n) is 6.18. The standard InChI is InChI=1S/C25H19F4N3O4S/c26-19-6-2-1-4-14(19)13-32-20-10-7-15(25(27,28)29)12-18(20)21(17-5-3-11-30-23(17)33)22(32)24(34)31-37(35,36)16-8-9-16/h1-7,10-12,16H,8-9,13H2,(H,30,33)(H,31,34). The first-order chi connectivity index (χ1) is 17.5. The summed E-state index contributed by atoms with van der Waals surface area (Å²) in [7, 11) is -4.06. The van der Waals surface area contributed by atoms with Crippen molar-refractivity contribution >= 4 is 26.8 Å². The number of hydrogen-bond acceptors (Lipinski definition) is 4. The van der Waals surface area contributed by atoms with E-state index in [-0.39, 0.29) is 39.8 Å². The van der Waals surface area contributed by atoms with E-state index in [1.54, 1.807) is 6.07 Å². The third-order valence-corrected chi connectivity index (χ3v) is 8.00. The number of benzene rings is 2. The van der Waals surface area contributed by atoms with Crippen LogP contribution in [0.5, 0.6) is 0 Å². The number of nitrogens with zero attached hydrogens (tertiary/aromatic N) is 1. The van der Waals surface area contributed by atoms with Crippen LogP contribution in [0.1, 0.15) is 34.5 Å². The molecule has 1 fully saturated rings. The molecule has 0 aliphatic heterocycles. The predicted octanol–water partition coefficient (Wildman–Crippen LogP) is 4.42. The third kappa shape index (κ3) is 4.64. The van der Waals surface area contributed by atoms with Gasteiger partial charge in [0.2, 0.25) is 10.0 Å². The largest absolute Gasteiger partial charge is 0.416 e. The van der Waals surface area contributed by atoms with Gasteiger partial charge in [-0.2, -0.15) is 13.2 Å². The molecule has 37 heavy (non-hydrogen) atoms. The average Bonchev–Trinajstić information content (AvgIpc) is 3.64. The SMILES string of the molecule is O=C(NS(=O)(=O)C1CC1)c1c(-c2ccc[nH]c2=O)c2cc(C(F)(F)F)ccc2n1Cc1ccccc1F. The van der Waals surface area contributed by atoms with Gasteiger partial charge in [0, 0.05) is 33.8 Å². The van der Waals surface area contributed by atoms with Gasteiger partial charge in [-0.15, -0.1) is 0 Å². The van der Waals surface area contributed by atoms with Crippen LogP contribution in [-0.4, -0.2) is 29.1 Å². The molecule has 12 heteroatoms. The van der Waals surface area contributed by atoms with Crippen molar-refractivity contribution in [2.45, 2.75) is 30.8 Å². The molecule has 0 spiro atoms. The Kier molecular flexibility index (Phi) is 5.94. The average molecular weight is 534 g/mol. The number of rotatable bonds is 6. The number of halogens is 4. The molecule has 4 aromatic rings. The van der Waals surface area contributed by atoms with E-state index in [9.17, 15) is 35.6 Å². The summed E-state index contributed by atoms with van der Waals surface area (Å²) in [5.74, 6) is -1.77. The van der Waals surface area contributed by atoms with Gasteiger partial charge < -0.3 is 9.55 Å². The van der Waals surface area contributed by atoms with Crippen molar-refractivity contribution in [1.82, 2.24) is 14.3 Å². The fourth-order valence-electron chi connectivity index (χ4n) is 4.26. The Morgan fingerprint density at radius 1 is 1.08 bits per heavy atom. The van der Waals surface area contributed by atoms with Gasteiger partial charge in [-0.25, -0.2) is 17.5 Å². The Hall–Kier alpha value is -3.93. The number of H-pyrrole nitrogens is 1. The lowest BCUT2D eigenvalue weighted by Crippen LogP contribution is -2.35. The summed E-state index contributed by atoms with van der Waals surface area (Å²) in [6.45, 7) is -0.314. The molecule has 0 radical (unpaired) electrons. The summed E-state index contributed by atoms with van der Waals surface area (Å²) in [6, 6.07) is 11.1. The Morgan fingerprint density at radius 3 is 2.46 bits per heavy atom. The Bertz CT molecular complexity index is 1700. The highest BCUT2D eigenvalue weighted by Crippen LogP contribution is 2.39. The highest BCUT2D eigenvalue weighted by atomic mass is 32.2. The molecule has 0 bridgehead atoms. The molecule has 1 aliphatic carbocycles. The van der Waals surface area contributed by atoms with Crippen LogP contribution in [0.2, 0.25) is 0 Å². The summed E-state index contributed by atoms with van der Waals surface area (Å²) in [5.41, 5.74) is -2.26. The number of nitrogens with one attached hydrogen (secondary N) is 2. The fourth-order valence-corrected chi connectivity index (χ4v) is 5.54. The van der Waals surface area contributed by atoms with Crippen LogP contribution in [0.25, 0.3) is 22.0 Å². The van der Waals surface area contributed by atoms with Crippen molar-refractivity contribution in [3.8, 4) is 11.1 Å². The van der Waals surface area contributed by atoms with Gasteiger partial charge in [0.25, 0.3) is 11.5 Å². The highest BCUT2D eigenvalue weighted by molar-refractivity contribution is 7.91. The molecule has 5 rings (SSSR count). The fraction of sp³-hybridized carbons (Fsp3) is 0.200. The maximum atomic E-state index is 14.6. The zero-order valence-electron chi connectivity index (χ0n) is 19.0. The molecule has 192 valence electrons. The van der Waals surface area contributed by atoms with E-state index < -0.39 is 44.3 Å². The molecule has 7 nitrogen and oxygen atoms in total. The second-order valence-electron chi connectivity index (χ2n) is 8.72. The van der Waals surface area contributed by atoms with Gasteiger partial charge in [-0.05, 0) is 49.2 Å². The Balaban J connectivity index is 1.84. The lowest BCUT2D eigenvalue weighted by atomic mass is 10.0. The maximum absolute atomic E-state index is 14.6. The number of carbonyl (C=O) groups is 1. The first kappa shape index (κ1) is 24.8. The van der Waals surface area contributed by atoms with E-state index in [1.807, 2.05) is 4.72 Å². The van der Waals surface area contributed by atoms with Gasteiger partial charge in [-0.1, -0.05) is 18.2 Å². The van der Waals surface area contributed by atoms with Crippen molar-refractivity contribution in [3.63, 3.8) is 0 Å². The van der Waals surface area contributed by atoms with Gasteiger partial charge in [0.1, 0.15) is 11.5 Å². The highest BCUT2D eigenvalue weighted by Gasteiger charge is 2.39. The molecule has 2 N–H and O–H groups in total. The van der Waals surface area contributed by atoms with Crippen LogP contribution in [0, 0.1) is 5.82 Å². The molecular formula is C25H19F4N3O4S. The second-order valence-corrected chi connectivity index (χ2v) is 10.7. The summed E-state index contributed by atoms with van der Waals surface area (Å²) in [4.78, 5) is 28.7. The molecule has 1 saturated carbocycles. The molecular weight excluding hydrogens is 514 g/mol. The van der Waals surface area contributed by atoms with Crippen LogP contribution >= 0.6 is 0 Å². The Morgan fingerprint density at radius 2 is 1.81 bits per heavy atom. The number of fused-ring (bicyclic) bond motifs is 1. The van der Waals surface area contributed by atoms with Gasteiger partial charge in [-0.3, -0.25) is 9.59 Å². The second kappa shape index (κ2) is 8.87. The van der Waals surface area contributed by atoms with Crippen LogP contribution in [0.15, 0.2) is 65.6 Å². The van der Waals surface area contributed by atoms with E-state index in [0.29, 0.717) is 12.8 Å². The number of hydrogen-bond donors (Lipinski definition) is 2. The van der Waals surface area contributed by atoms with Gasteiger partial charge in [0.05, 0.1) is 17.4 Å². The summed E-state index contributed by atoms with van der Waals surface area (Å²) in [5, 5.41) is -0.877. The molecule has 1 aliphatic rings. The quantitative estimate of drug-likeness (QED) is 0.358. The van der Waals surface area contributed by atoms with Crippen LogP contribution < -0.4 is 10.3 Å². The minimum Gasteiger partial charge on any atom is -0.331 e. The molecule has 2 aromatic heterocycles. The first-order valence-corrected chi connectivity index (χ1v) is 12.7. The van der Waals surface area contributed by atoms with Crippen molar-refractivity contribution in [3.05, 3.63) is 93.8 Å². The van der Waals surface area contributed by atoms with Crippen molar-refractivity contribution in [1.29, 1.82) is 0 Å². The van der Waals surface area contributed by atoms with Gasteiger partial charge in [0.15, 0.2) is 0 Å². The Labute approximate surface area is 207 Å². The van der Waals surface area contributed by atoms with Crippen LogP contribution in [0.4, 0.5) is 17.6 Å². The smallest absolute Gasteiger partial charge is 0.331 e. The van der Waals surface area contributed by atoms with Crippen LogP contribution in [-0.2, 0) is 22.7 Å². The van der Waals surface area contributed by atoms with E-state index in [0.717, 1.165) is 18.2 Å². The molecule has 0 saturated heterocycles. The van der Waals surface area contributed by atoms with E-state index in [1.165, 1.54) is 41.1 Å². The monoisotopic (exact) mass is 533 g/mol. The zero-order chi connectivity index (χ0) is 26.5. The van der Waals surface area contributed by atoms with Crippen molar-refractivity contribution < 1.29 is 30.8 Å². The van der Waals surface area contributed by atoms with Crippen molar-refractivity contribution in [2.24, 2.45) is 0 Å². The number of aromatic nitrogens is 2. The summed E-state index contributed by atoms with van der Waals surface area (Å²) >= 11 is 0. The van der Waals surface area contributed by atoms with E-state index in [2.05, 4.69) is 4.98 Å². The number of amides is 1. The van der Waals surface area contributed by atoms with E-state index in [4.69, 9.17) is 0 Å². The molecule has 1 amide bonds. The normalized spacial score (nSPS) is 14.2. The molecule has 0 atom stereocenters. The first-order valence-electron chi connectivity index (χ1n) is 11.2. The lowest BCUT2D eigenvalue weighted by Gasteiger charge is -2.13. The van der Waals surface area contributed by atoms with Gasteiger partial charge >= 0.3 is 6.18 Å². The molecule has 0 unspecified atom stereocenters. The lowest BCUT2D eigenvalue weighted by molar-refractivity contribution is -0.137. The molecule has 2 heterocycles. The minimum atomic E-state index is -4.74.